The first-order valence-corrected chi connectivity index (χ1v) is 10.4. The minimum atomic E-state index is 0.142. The number of allylic oxidation sites excluding steroid dienone is 2. The molecule has 0 saturated heterocycles. The maximum atomic E-state index is 4.45. The van der Waals surface area contributed by atoms with E-state index in [1.165, 1.54) is 64.3 Å². The fourth-order valence-corrected chi connectivity index (χ4v) is 5.59. The van der Waals surface area contributed by atoms with Gasteiger partial charge in [-0.3, -0.25) is 4.98 Å². The number of nitrogens with zero attached hydrogens (tertiary/aromatic N) is 2. The second-order valence-corrected chi connectivity index (χ2v) is 8.77. The molecule has 0 radical (unpaired) electrons. The van der Waals surface area contributed by atoms with Crippen molar-refractivity contribution in [1.29, 1.82) is 0 Å². The van der Waals surface area contributed by atoms with Crippen molar-refractivity contribution in [3.8, 4) is 5.69 Å². The van der Waals surface area contributed by atoms with E-state index in [1.807, 2.05) is 12.4 Å². The lowest BCUT2D eigenvalue weighted by Crippen LogP contribution is -2.18. The SMILES string of the molecule is CC1(C)C2=C(CCCC2)c2cc3c(cc21)c1cnccc1n3-c1ccccc1. The summed E-state index contributed by atoms with van der Waals surface area (Å²) in [7, 11) is 0. The second-order valence-electron chi connectivity index (χ2n) is 8.77. The Morgan fingerprint density at radius 3 is 2.57 bits per heavy atom. The highest BCUT2D eigenvalue weighted by atomic mass is 15.0. The van der Waals surface area contributed by atoms with Crippen molar-refractivity contribution in [3.63, 3.8) is 0 Å². The molecule has 0 fully saturated rings. The largest absolute Gasteiger partial charge is 0.309 e. The van der Waals surface area contributed by atoms with Gasteiger partial charge in [-0.1, -0.05) is 37.6 Å². The zero-order valence-electron chi connectivity index (χ0n) is 16.5. The van der Waals surface area contributed by atoms with Crippen LogP contribution in [-0.2, 0) is 5.41 Å². The van der Waals surface area contributed by atoms with Gasteiger partial charge in [0.05, 0.1) is 11.0 Å². The summed E-state index contributed by atoms with van der Waals surface area (Å²) in [5.74, 6) is 0. The summed E-state index contributed by atoms with van der Waals surface area (Å²) in [5, 5.41) is 2.56. The van der Waals surface area contributed by atoms with Gasteiger partial charge in [0.1, 0.15) is 0 Å². The van der Waals surface area contributed by atoms with Crippen LogP contribution in [0.2, 0.25) is 0 Å². The Bertz CT molecular complexity index is 1270. The summed E-state index contributed by atoms with van der Waals surface area (Å²) in [6.45, 7) is 4.83. The van der Waals surface area contributed by atoms with E-state index in [4.69, 9.17) is 0 Å². The first kappa shape index (κ1) is 16.1. The van der Waals surface area contributed by atoms with E-state index in [9.17, 15) is 0 Å². The van der Waals surface area contributed by atoms with Gasteiger partial charge in [-0.15, -0.1) is 0 Å². The van der Waals surface area contributed by atoms with E-state index in [2.05, 4.69) is 71.9 Å². The van der Waals surface area contributed by atoms with Gasteiger partial charge in [0.25, 0.3) is 0 Å². The van der Waals surface area contributed by atoms with Gasteiger partial charge in [0.15, 0.2) is 0 Å². The highest BCUT2D eigenvalue weighted by Gasteiger charge is 2.38. The third kappa shape index (κ3) is 2.01. The lowest BCUT2D eigenvalue weighted by Gasteiger charge is -2.26. The number of rotatable bonds is 1. The Morgan fingerprint density at radius 1 is 0.893 bits per heavy atom. The standard InChI is InChI=1S/C26H24N2/c1-26(2)22-11-7-6-10-18(22)19-15-25-20(14-23(19)26)21-16-27-13-12-24(21)28(25)17-8-4-3-5-9-17/h3-5,8-9,12-16H,6-7,10-11H2,1-2H3. The third-order valence-electron chi connectivity index (χ3n) is 6.94. The fraction of sp³-hybridized carbons (Fsp3) is 0.269. The van der Waals surface area contributed by atoms with Gasteiger partial charge in [-0.05, 0) is 72.7 Å². The molecule has 2 nitrogen and oxygen atoms in total. The smallest absolute Gasteiger partial charge is 0.0571 e. The Labute approximate surface area is 165 Å². The van der Waals surface area contributed by atoms with Crippen LogP contribution in [-0.4, -0.2) is 9.55 Å². The highest BCUT2D eigenvalue weighted by Crippen LogP contribution is 2.53. The molecule has 2 aliphatic rings. The molecule has 6 rings (SSSR count). The van der Waals surface area contributed by atoms with Crippen molar-refractivity contribution in [2.75, 3.05) is 0 Å². The molecule has 0 unspecified atom stereocenters. The number of fused-ring (bicyclic) bond motifs is 5. The van der Waals surface area contributed by atoms with Crippen molar-refractivity contribution in [2.45, 2.75) is 44.9 Å². The van der Waals surface area contributed by atoms with E-state index in [-0.39, 0.29) is 5.41 Å². The van der Waals surface area contributed by atoms with E-state index in [1.54, 1.807) is 11.1 Å². The fourth-order valence-electron chi connectivity index (χ4n) is 5.59. The van der Waals surface area contributed by atoms with Crippen LogP contribution in [0.15, 0.2) is 66.5 Å². The Balaban J connectivity index is 1.75. The molecule has 0 spiro atoms. The Kier molecular flexibility index (Phi) is 3.21. The summed E-state index contributed by atoms with van der Waals surface area (Å²) in [6, 6.07) is 17.8. The average Bonchev–Trinajstić information content (AvgIpc) is 3.17. The van der Waals surface area contributed by atoms with Crippen LogP contribution in [0.5, 0.6) is 0 Å². The highest BCUT2D eigenvalue weighted by molar-refractivity contribution is 6.10. The zero-order valence-corrected chi connectivity index (χ0v) is 16.5. The first-order chi connectivity index (χ1) is 13.7. The number of para-hydroxylation sites is 1. The lowest BCUT2D eigenvalue weighted by molar-refractivity contribution is 0.574. The number of benzene rings is 2. The summed E-state index contributed by atoms with van der Waals surface area (Å²) < 4.78 is 2.40. The predicted molar refractivity (Wildman–Crippen MR) is 117 cm³/mol. The molecule has 0 saturated carbocycles. The normalized spacial score (nSPS) is 17.9. The van der Waals surface area contributed by atoms with Crippen LogP contribution in [0.1, 0.15) is 50.7 Å². The summed E-state index contributed by atoms with van der Waals surface area (Å²) in [4.78, 5) is 4.45. The topological polar surface area (TPSA) is 17.8 Å². The molecule has 0 aliphatic heterocycles. The minimum absolute atomic E-state index is 0.142. The van der Waals surface area contributed by atoms with Gasteiger partial charge in [-0.25, -0.2) is 0 Å². The van der Waals surface area contributed by atoms with Gasteiger partial charge >= 0.3 is 0 Å². The number of pyridine rings is 1. The molecule has 28 heavy (non-hydrogen) atoms. The molecular formula is C26H24N2. The van der Waals surface area contributed by atoms with Crippen LogP contribution in [0.3, 0.4) is 0 Å². The van der Waals surface area contributed by atoms with Crippen molar-refractivity contribution < 1.29 is 0 Å². The molecule has 2 aliphatic carbocycles. The molecule has 138 valence electrons. The molecule has 0 atom stereocenters. The maximum absolute atomic E-state index is 4.45. The molecule has 4 aromatic rings. The summed E-state index contributed by atoms with van der Waals surface area (Å²) >= 11 is 0. The molecule has 2 aromatic carbocycles. The second kappa shape index (κ2) is 5.57. The molecule has 0 N–H and O–H groups in total. The molecule has 2 heteroatoms. The van der Waals surface area contributed by atoms with Gasteiger partial charge < -0.3 is 4.57 Å². The van der Waals surface area contributed by atoms with Crippen LogP contribution in [0.4, 0.5) is 0 Å². The number of hydrogen-bond donors (Lipinski definition) is 0. The number of aromatic nitrogens is 2. The van der Waals surface area contributed by atoms with Gasteiger partial charge in [0, 0.05) is 34.3 Å². The molecule has 0 bridgehead atoms. The van der Waals surface area contributed by atoms with Crippen LogP contribution >= 0.6 is 0 Å². The molecule has 2 heterocycles. The maximum Gasteiger partial charge on any atom is 0.0571 e. The number of hydrogen-bond acceptors (Lipinski definition) is 1. The third-order valence-corrected chi connectivity index (χ3v) is 6.94. The Morgan fingerprint density at radius 2 is 1.71 bits per heavy atom. The average molecular weight is 364 g/mol. The summed E-state index contributed by atoms with van der Waals surface area (Å²) in [5.41, 5.74) is 10.2. The molecule has 0 amide bonds. The molecular weight excluding hydrogens is 340 g/mol. The van der Waals surface area contributed by atoms with Crippen molar-refractivity contribution in [1.82, 2.24) is 9.55 Å². The van der Waals surface area contributed by atoms with Gasteiger partial charge in [-0.2, -0.15) is 0 Å². The van der Waals surface area contributed by atoms with E-state index < -0.39 is 0 Å². The predicted octanol–water partition coefficient (Wildman–Crippen LogP) is 6.80. The van der Waals surface area contributed by atoms with Crippen LogP contribution in [0, 0.1) is 0 Å². The zero-order chi connectivity index (χ0) is 18.9. The lowest BCUT2D eigenvalue weighted by atomic mass is 9.77. The van der Waals surface area contributed by atoms with Crippen molar-refractivity contribution in [2.24, 2.45) is 0 Å². The van der Waals surface area contributed by atoms with E-state index in [0.717, 1.165) is 0 Å². The van der Waals surface area contributed by atoms with E-state index in [0.29, 0.717) is 0 Å². The monoisotopic (exact) mass is 364 g/mol. The Hall–Kier alpha value is -2.87. The van der Waals surface area contributed by atoms with E-state index >= 15 is 0 Å². The first-order valence-electron chi connectivity index (χ1n) is 10.4. The van der Waals surface area contributed by atoms with Crippen LogP contribution < -0.4 is 0 Å². The van der Waals surface area contributed by atoms with Crippen LogP contribution in [0.25, 0.3) is 33.1 Å². The van der Waals surface area contributed by atoms with Gasteiger partial charge in [0.2, 0.25) is 0 Å². The van der Waals surface area contributed by atoms with Crippen molar-refractivity contribution in [3.05, 3.63) is 77.6 Å². The summed E-state index contributed by atoms with van der Waals surface area (Å²) in [6.07, 6.45) is 9.06. The van der Waals surface area contributed by atoms with Crippen molar-refractivity contribution >= 4 is 27.4 Å². The minimum Gasteiger partial charge on any atom is -0.309 e. The quantitative estimate of drug-likeness (QED) is 0.363. The molecule has 2 aromatic heterocycles.